The van der Waals surface area contributed by atoms with E-state index in [4.69, 9.17) is 4.74 Å². The molecule has 1 nitrogen and oxygen atoms in total. The average Bonchev–Trinajstić information content (AvgIpc) is 2.37. The molecule has 14 heavy (non-hydrogen) atoms. The van der Waals surface area contributed by atoms with Crippen molar-refractivity contribution in [1.82, 2.24) is 0 Å². The Bertz CT molecular complexity index is 354. The van der Waals surface area contributed by atoms with Crippen molar-refractivity contribution in [3.8, 4) is 0 Å². The summed E-state index contributed by atoms with van der Waals surface area (Å²) >= 11 is 0. The first kappa shape index (κ1) is 9.72. The lowest BCUT2D eigenvalue weighted by Gasteiger charge is -2.27. The molecule has 1 heteroatoms. The van der Waals surface area contributed by atoms with Crippen molar-refractivity contribution < 1.29 is 4.74 Å². The maximum Gasteiger partial charge on any atom is 0.0916 e. The van der Waals surface area contributed by atoms with Crippen molar-refractivity contribution in [3.05, 3.63) is 35.4 Å². The fourth-order valence-corrected chi connectivity index (χ4v) is 2.41. The van der Waals surface area contributed by atoms with Crippen molar-refractivity contribution in [1.29, 1.82) is 0 Å². The summed E-state index contributed by atoms with van der Waals surface area (Å²) in [7, 11) is 0. The number of ether oxygens (including phenoxy) is 1. The van der Waals surface area contributed by atoms with Gasteiger partial charge in [0, 0.05) is 0 Å². The molecule has 0 saturated heterocycles. The Morgan fingerprint density at radius 2 is 1.64 bits per heavy atom. The van der Waals surface area contributed by atoms with Gasteiger partial charge in [0.2, 0.25) is 0 Å². The minimum atomic E-state index is -0.138. The van der Waals surface area contributed by atoms with E-state index >= 15 is 0 Å². The van der Waals surface area contributed by atoms with Crippen LogP contribution in [0.5, 0.6) is 0 Å². The fourth-order valence-electron chi connectivity index (χ4n) is 2.41. The lowest BCUT2D eigenvalue weighted by atomic mass is 9.88. The van der Waals surface area contributed by atoms with E-state index in [1.807, 2.05) is 0 Å². The van der Waals surface area contributed by atoms with Crippen molar-refractivity contribution >= 4 is 0 Å². The molecular weight excluding hydrogens is 172 g/mol. The Hall–Kier alpha value is -0.820. The van der Waals surface area contributed by atoms with Gasteiger partial charge >= 0.3 is 0 Å². The summed E-state index contributed by atoms with van der Waals surface area (Å²) in [6.07, 6.45) is 1.02. The van der Waals surface area contributed by atoms with Gasteiger partial charge in [-0.05, 0) is 38.3 Å². The van der Waals surface area contributed by atoms with E-state index in [-0.39, 0.29) is 11.2 Å². The third kappa shape index (κ3) is 1.19. The molecule has 76 valence electrons. The lowest BCUT2D eigenvalue weighted by Crippen LogP contribution is -2.24. The number of rotatable bonds is 1. The van der Waals surface area contributed by atoms with Crippen LogP contribution in [0.2, 0.25) is 0 Å². The first-order valence-electron chi connectivity index (χ1n) is 5.30. The van der Waals surface area contributed by atoms with Gasteiger partial charge in [0.1, 0.15) is 0 Å². The highest BCUT2D eigenvalue weighted by Crippen LogP contribution is 2.48. The fraction of sp³-hybridized carbons (Fsp3) is 0.538. The molecule has 0 fully saturated rings. The summed E-state index contributed by atoms with van der Waals surface area (Å²) in [5.74, 6) is 0. The molecule has 0 amide bonds. The molecular formula is C13H18O. The van der Waals surface area contributed by atoms with E-state index in [9.17, 15) is 0 Å². The molecule has 1 aliphatic heterocycles. The van der Waals surface area contributed by atoms with Crippen LogP contribution in [0.25, 0.3) is 0 Å². The zero-order valence-corrected chi connectivity index (χ0v) is 9.42. The van der Waals surface area contributed by atoms with E-state index < -0.39 is 0 Å². The van der Waals surface area contributed by atoms with E-state index in [1.165, 1.54) is 11.1 Å². The van der Waals surface area contributed by atoms with Crippen LogP contribution in [0.4, 0.5) is 0 Å². The predicted molar refractivity (Wildman–Crippen MR) is 58.2 cm³/mol. The molecule has 2 rings (SSSR count). The Kier molecular flexibility index (Phi) is 1.97. The van der Waals surface area contributed by atoms with E-state index in [2.05, 4.69) is 52.0 Å². The van der Waals surface area contributed by atoms with Crippen LogP contribution in [0.1, 0.15) is 45.2 Å². The first-order valence-corrected chi connectivity index (χ1v) is 5.30. The van der Waals surface area contributed by atoms with Gasteiger partial charge in [-0.1, -0.05) is 31.2 Å². The quantitative estimate of drug-likeness (QED) is 0.657. The number of benzene rings is 1. The summed E-state index contributed by atoms with van der Waals surface area (Å²) < 4.78 is 6.16. The van der Waals surface area contributed by atoms with Crippen LogP contribution < -0.4 is 0 Å². The van der Waals surface area contributed by atoms with Crippen molar-refractivity contribution in [2.45, 2.75) is 45.3 Å². The standard InChI is InChI=1S/C13H18O/c1-5-13(4)11-9-7-6-8-10(11)12(2,3)14-13/h6-9H,5H2,1-4H3. The van der Waals surface area contributed by atoms with Gasteiger partial charge in [0.25, 0.3) is 0 Å². The smallest absolute Gasteiger partial charge is 0.0916 e. The average molecular weight is 190 g/mol. The molecule has 1 aromatic rings. The van der Waals surface area contributed by atoms with E-state index in [0.717, 1.165) is 6.42 Å². The van der Waals surface area contributed by atoms with E-state index in [0.29, 0.717) is 0 Å². The molecule has 1 aliphatic rings. The number of fused-ring (bicyclic) bond motifs is 1. The molecule has 0 aromatic heterocycles. The maximum absolute atomic E-state index is 6.16. The van der Waals surface area contributed by atoms with Crippen molar-refractivity contribution in [2.75, 3.05) is 0 Å². The van der Waals surface area contributed by atoms with Gasteiger partial charge in [-0.3, -0.25) is 0 Å². The molecule has 0 spiro atoms. The van der Waals surface area contributed by atoms with Gasteiger partial charge < -0.3 is 4.74 Å². The summed E-state index contributed by atoms with van der Waals surface area (Å²) in [6, 6.07) is 8.55. The van der Waals surface area contributed by atoms with Crippen LogP contribution in [0.3, 0.4) is 0 Å². The molecule has 0 bridgehead atoms. The van der Waals surface area contributed by atoms with Crippen LogP contribution in [0.15, 0.2) is 24.3 Å². The van der Waals surface area contributed by atoms with Crippen molar-refractivity contribution in [3.63, 3.8) is 0 Å². The molecule has 1 atom stereocenters. The summed E-state index contributed by atoms with van der Waals surface area (Å²) in [5.41, 5.74) is 2.46. The molecule has 1 heterocycles. The molecule has 0 radical (unpaired) electrons. The van der Waals surface area contributed by atoms with Crippen molar-refractivity contribution in [2.24, 2.45) is 0 Å². The third-order valence-corrected chi connectivity index (χ3v) is 3.30. The van der Waals surface area contributed by atoms with Crippen LogP contribution in [0, 0.1) is 0 Å². The van der Waals surface area contributed by atoms with Crippen LogP contribution >= 0.6 is 0 Å². The minimum absolute atomic E-state index is 0.0971. The number of hydrogen-bond acceptors (Lipinski definition) is 1. The molecule has 0 aliphatic carbocycles. The normalized spacial score (nSPS) is 28.9. The monoisotopic (exact) mass is 190 g/mol. The first-order chi connectivity index (χ1) is 6.49. The summed E-state index contributed by atoms with van der Waals surface area (Å²) in [5, 5.41) is 0. The second-order valence-corrected chi connectivity index (χ2v) is 4.74. The maximum atomic E-state index is 6.16. The highest BCUT2D eigenvalue weighted by Gasteiger charge is 2.44. The Morgan fingerprint density at radius 3 is 2.21 bits per heavy atom. The highest BCUT2D eigenvalue weighted by molar-refractivity contribution is 5.39. The minimum Gasteiger partial charge on any atom is -0.360 e. The van der Waals surface area contributed by atoms with Gasteiger partial charge in [0.05, 0.1) is 11.2 Å². The summed E-state index contributed by atoms with van der Waals surface area (Å²) in [4.78, 5) is 0. The third-order valence-electron chi connectivity index (χ3n) is 3.30. The second-order valence-electron chi connectivity index (χ2n) is 4.74. The zero-order chi connectivity index (χ0) is 10.4. The Balaban J connectivity index is 2.60. The van der Waals surface area contributed by atoms with Gasteiger partial charge in [-0.15, -0.1) is 0 Å². The molecule has 0 saturated carbocycles. The van der Waals surface area contributed by atoms with Crippen LogP contribution in [-0.2, 0) is 15.9 Å². The van der Waals surface area contributed by atoms with Crippen LogP contribution in [-0.4, -0.2) is 0 Å². The number of hydrogen-bond donors (Lipinski definition) is 0. The lowest BCUT2D eigenvalue weighted by molar-refractivity contribution is -0.117. The van der Waals surface area contributed by atoms with Gasteiger partial charge in [0.15, 0.2) is 0 Å². The van der Waals surface area contributed by atoms with E-state index in [1.54, 1.807) is 0 Å². The molecule has 0 N–H and O–H groups in total. The SMILES string of the molecule is CCC1(C)OC(C)(C)c2ccccc21. The Labute approximate surface area is 86.1 Å². The predicted octanol–water partition coefficient (Wildman–Crippen LogP) is 3.58. The molecule has 1 aromatic carbocycles. The topological polar surface area (TPSA) is 9.23 Å². The Morgan fingerprint density at radius 1 is 1.07 bits per heavy atom. The van der Waals surface area contributed by atoms with Gasteiger partial charge in [-0.25, -0.2) is 0 Å². The summed E-state index contributed by atoms with van der Waals surface area (Å²) in [6.45, 7) is 8.65. The molecule has 1 unspecified atom stereocenters. The largest absolute Gasteiger partial charge is 0.360 e. The zero-order valence-electron chi connectivity index (χ0n) is 9.42. The second kappa shape index (κ2) is 2.83. The highest BCUT2D eigenvalue weighted by atomic mass is 16.5. The van der Waals surface area contributed by atoms with Gasteiger partial charge in [-0.2, -0.15) is 0 Å².